The van der Waals surface area contributed by atoms with E-state index in [9.17, 15) is 18.8 Å². The van der Waals surface area contributed by atoms with Gasteiger partial charge in [0.2, 0.25) is 5.91 Å². The van der Waals surface area contributed by atoms with Crippen molar-refractivity contribution in [2.75, 3.05) is 22.1 Å². The van der Waals surface area contributed by atoms with Gasteiger partial charge in [0, 0.05) is 6.54 Å². The van der Waals surface area contributed by atoms with E-state index in [2.05, 4.69) is 10.6 Å². The maximum atomic E-state index is 13.7. The first-order chi connectivity index (χ1) is 13.9. The van der Waals surface area contributed by atoms with E-state index in [1.54, 1.807) is 24.3 Å². The second-order valence-electron chi connectivity index (χ2n) is 7.09. The van der Waals surface area contributed by atoms with Crippen molar-refractivity contribution in [2.24, 2.45) is 0 Å². The minimum Gasteiger partial charge on any atom is -0.449 e. The van der Waals surface area contributed by atoms with Crippen LogP contribution in [0.15, 0.2) is 42.5 Å². The Bertz CT molecular complexity index is 994. The number of fused-ring (bicyclic) bond motifs is 3. The molecular formula is C21H20FN3O4. The van der Waals surface area contributed by atoms with Crippen molar-refractivity contribution in [1.82, 2.24) is 0 Å². The number of esters is 1. The molecule has 2 heterocycles. The Morgan fingerprint density at radius 2 is 2.07 bits per heavy atom. The summed E-state index contributed by atoms with van der Waals surface area (Å²) in [7, 11) is 0. The predicted octanol–water partition coefficient (Wildman–Crippen LogP) is 2.93. The second-order valence-corrected chi connectivity index (χ2v) is 7.09. The molecule has 29 heavy (non-hydrogen) atoms. The van der Waals surface area contributed by atoms with Crippen molar-refractivity contribution < 1.29 is 23.5 Å². The molecule has 150 valence electrons. The van der Waals surface area contributed by atoms with Crippen LogP contribution in [0.5, 0.6) is 0 Å². The Hall–Kier alpha value is -3.42. The molecule has 1 fully saturated rings. The Morgan fingerprint density at radius 1 is 1.28 bits per heavy atom. The summed E-state index contributed by atoms with van der Waals surface area (Å²) in [5, 5.41) is 5.23. The quantitative estimate of drug-likeness (QED) is 0.775. The summed E-state index contributed by atoms with van der Waals surface area (Å²) < 4.78 is 18.9. The molecule has 2 N–H and O–H groups in total. The van der Waals surface area contributed by atoms with Gasteiger partial charge in [-0.05, 0) is 50.1 Å². The van der Waals surface area contributed by atoms with Crippen molar-refractivity contribution >= 4 is 34.8 Å². The Balaban J connectivity index is 1.45. The first-order valence-corrected chi connectivity index (χ1v) is 9.42. The van der Waals surface area contributed by atoms with Crippen LogP contribution in [0.3, 0.4) is 0 Å². The number of nitrogens with one attached hydrogen (secondary N) is 2. The molecule has 0 aromatic heterocycles. The van der Waals surface area contributed by atoms with Crippen LogP contribution >= 0.6 is 0 Å². The number of halogens is 1. The summed E-state index contributed by atoms with van der Waals surface area (Å²) in [4.78, 5) is 39.0. The van der Waals surface area contributed by atoms with Crippen LogP contribution in [-0.2, 0) is 14.3 Å². The largest absolute Gasteiger partial charge is 0.449 e. The fourth-order valence-electron chi connectivity index (χ4n) is 3.64. The van der Waals surface area contributed by atoms with Crippen molar-refractivity contribution in [2.45, 2.75) is 31.9 Å². The van der Waals surface area contributed by atoms with Crippen molar-refractivity contribution in [3.63, 3.8) is 0 Å². The van der Waals surface area contributed by atoms with Gasteiger partial charge in [-0.15, -0.1) is 0 Å². The molecule has 2 aromatic carbocycles. The lowest BCUT2D eigenvalue weighted by molar-refractivity contribution is -0.123. The Labute approximate surface area is 166 Å². The van der Waals surface area contributed by atoms with Crippen LogP contribution in [0.4, 0.5) is 21.5 Å². The zero-order chi connectivity index (χ0) is 20.5. The molecule has 8 heteroatoms. The van der Waals surface area contributed by atoms with Crippen molar-refractivity contribution in [1.29, 1.82) is 0 Å². The van der Waals surface area contributed by atoms with Gasteiger partial charge in [-0.1, -0.05) is 12.1 Å². The summed E-state index contributed by atoms with van der Waals surface area (Å²) in [5.74, 6) is -2.01. The van der Waals surface area contributed by atoms with Crippen molar-refractivity contribution in [3.8, 4) is 0 Å². The average molecular weight is 397 g/mol. The standard InChI is InChI=1S/C21H20FN3O4/c1-12(19(26)23-15-6-3-2-5-14(15)22)29-21(28)13-8-9-17-16(11-13)24-20(27)18-7-4-10-25(17)18/h2-3,5-6,8-9,11-12,18H,4,7,10H2,1H3,(H,23,26)(H,24,27)/t12-,18-/m0/s1. The fourth-order valence-corrected chi connectivity index (χ4v) is 3.64. The molecule has 2 aliphatic rings. The van der Waals surface area contributed by atoms with Gasteiger partial charge in [-0.25, -0.2) is 9.18 Å². The number of benzene rings is 2. The number of anilines is 3. The normalized spacial score (nSPS) is 18.3. The predicted molar refractivity (Wildman–Crippen MR) is 105 cm³/mol. The first-order valence-electron chi connectivity index (χ1n) is 9.42. The third kappa shape index (κ3) is 3.65. The Kier molecular flexibility index (Phi) is 4.92. The fraction of sp³-hybridized carbons (Fsp3) is 0.286. The van der Waals surface area contributed by atoms with E-state index in [1.807, 2.05) is 4.90 Å². The molecule has 2 aromatic rings. The first kappa shape index (κ1) is 18.9. The Morgan fingerprint density at radius 3 is 2.86 bits per heavy atom. The number of ether oxygens (including phenoxy) is 1. The van der Waals surface area contributed by atoms with Gasteiger partial charge in [0.1, 0.15) is 11.9 Å². The number of hydrogen-bond donors (Lipinski definition) is 2. The van der Waals surface area contributed by atoms with Gasteiger partial charge in [-0.3, -0.25) is 9.59 Å². The van der Waals surface area contributed by atoms with E-state index in [0.717, 1.165) is 25.1 Å². The van der Waals surface area contributed by atoms with E-state index in [-0.39, 0.29) is 23.2 Å². The molecule has 4 rings (SSSR count). The molecule has 0 saturated carbocycles. The minimum atomic E-state index is -1.13. The number of amides is 2. The van der Waals surface area contributed by atoms with E-state index in [4.69, 9.17) is 4.74 Å². The summed E-state index contributed by atoms with van der Waals surface area (Å²) in [5.41, 5.74) is 1.64. The lowest BCUT2D eigenvalue weighted by Gasteiger charge is -2.33. The van der Waals surface area contributed by atoms with Gasteiger partial charge < -0.3 is 20.3 Å². The van der Waals surface area contributed by atoms with E-state index in [0.29, 0.717) is 5.69 Å². The van der Waals surface area contributed by atoms with E-state index < -0.39 is 23.8 Å². The molecule has 0 aliphatic carbocycles. The highest BCUT2D eigenvalue weighted by molar-refractivity contribution is 6.05. The molecule has 2 atom stereocenters. The molecule has 7 nitrogen and oxygen atoms in total. The average Bonchev–Trinajstić information content (AvgIpc) is 3.20. The monoisotopic (exact) mass is 397 g/mol. The maximum Gasteiger partial charge on any atom is 0.338 e. The van der Waals surface area contributed by atoms with Gasteiger partial charge in [0.25, 0.3) is 5.91 Å². The van der Waals surface area contributed by atoms with Crippen LogP contribution in [0.2, 0.25) is 0 Å². The van der Waals surface area contributed by atoms with Crippen LogP contribution in [0, 0.1) is 5.82 Å². The second kappa shape index (κ2) is 7.54. The van der Waals surface area contributed by atoms with Gasteiger partial charge in [-0.2, -0.15) is 0 Å². The molecule has 1 saturated heterocycles. The number of carbonyl (C=O) groups is 3. The highest BCUT2D eigenvalue weighted by atomic mass is 19.1. The summed E-state index contributed by atoms with van der Waals surface area (Å²) in [6.45, 7) is 2.20. The highest BCUT2D eigenvalue weighted by Crippen LogP contribution is 2.37. The molecule has 0 bridgehead atoms. The minimum absolute atomic E-state index is 0.0112. The third-order valence-electron chi connectivity index (χ3n) is 5.14. The van der Waals surface area contributed by atoms with Crippen LogP contribution in [-0.4, -0.2) is 36.5 Å². The molecule has 0 unspecified atom stereocenters. The molecule has 0 spiro atoms. The molecular weight excluding hydrogens is 377 g/mol. The number of hydrogen-bond acceptors (Lipinski definition) is 5. The summed E-state index contributed by atoms with van der Waals surface area (Å²) >= 11 is 0. The molecule has 2 aliphatic heterocycles. The number of carbonyl (C=O) groups excluding carboxylic acids is 3. The van der Waals surface area contributed by atoms with Gasteiger partial charge >= 0.3 is 5.97 Å². The van der Waals surface area contributed by atoms with Crippen LogP contribution in [0.25, 0.3) is 0 Å². The lowest BCUT2D eigenvalue weighted by atomic mass is 10.1. The van der Waals surface area contributed by atoms with Crippen LogP contribution in [0.1, 0.15) is 30.1 Å². The zero-order valence-electron chi connectivity index (χ0n) is 15.8. The maximum absolute atomic E-state index is 13.7. The number of rotatable bonds is 4. The van der Waals surface area contributed by atoms with Gasteiger partial charge in [0.05, 0.1) is 22.6 Å². The number of nitrogens with zero attached hydrogens (tertiary/aromatic N) is 1. The van der Waals surface area contributed by atoms with E-state index in [1.165, 1.54) is 25.1 Å². The summed E-state index contributed by atoms with van der Waals surface area (Å²) in [6, 6.07) is 10.5. The molecule has 2 amide bonds. The zero-order valence-corrected chi connectivity index (χ0v) is 15.8. The van der Waals surface area contributed by atoms with Gasteiger partial charge in [0.15, 0.2) is 6.10 Å². The van der Waals surface area contributed by atoms with Crippen molar-refractivity contribution in [3.05, 3.63) is 53.8 Å². The van der Waals surface area contributed by atoms with Crippen LogP contribution < -0.4 is 15.5 Å². The number of para-hydroxylation sites is 1. The summed E-state index contributed by atoms with van der Waals surface area (Å²) in [6.07, 6.45) is 0.621. The lowest BCUT2D eigenvalue weighted by Crippen LogP contribution is -2.43. The SMILES string of the molecule is C[C@H](OC(=O)c1ccc2c(c1)NC(=O)[C@@H]1CCCN21)C(=O)Nc1ccccc1F. The smallest absolute Gasteiger partial charge is 0.338 e. The topological polar surface area (TPSA) is 87.7 Å². The highest BCUT2D eigenvalue weighted by Gasteiger charge is 2.36. The molecule has 0 radical (unpaired) electrons. The van der Waals surface area contributed by atoms with E-state index >= 15 is 0 Å². The third-order valence-corrected chi connectivity index (χ3v) is 5.14.